The van der Waals surface area contributed by atoms with Crippen molar-refractivity contribution >= 4 is 23.0 Å². The van der Waals surface area contributed by atoms with E-state index in [1.807, 2.05) is 29.3 Å². The van der Waals surface area contributed by atoms with Crippen molar-refractivity contribution in [3.63, 3.8) is 0 Å². The predicted molar refractivity (Wildman–Crippen MR) is 108 cm³/mol. The van der Waals surface area contributed by atoms with Gasteiger partial charge in [-0.25, -0.2) is 0 Å². The Morgan fingerprint density at radius 2 is 2.18 bits per heavy atom. The van der Waals surface area contributed by atoms with E-state index in [1.165, 1.54) is 0 Å². The number of rotatable bonds is 5. The molecule has 5 nitrogen and oxygen atoms in total. The third-order valence-corrected chi connectivity index (χ3v) is 6.49. The van der Waals surface area contributed by atoms with Gasteiger partial charge in [0.25, 0.3) is 5.91 Å². The van der Waals surface area contributed by atoms with E-state index in [-0.39, 0.29) is 23.2 Å². The molecule has 150 valence electrons. The first kappa shape index (κ1) is 19.4. The summed E-state index contributed by atoms with van der Waals surface area (Å²) in [6.45, 7) is 7.79. The number of Topliss-reactive ketones (excluding diaryl/α,β-unsaturated/α-hetero) is 1. The predicted octanol–water partition coefficient (Wildman–Crippen LogP) is 4.63. The Bertz CT molecular complexity index is 875. The highest BCUT2D eigenvalue weighted by Gasteiger charge is 2.38. The molecule has 1 saturated heterocycles. The molecule has 0 spiro atoms. The lowest BCUT2D eigenvalue weighted by Gasteiger charge is -2.27. The van der Waals surface area contributed by atoms with Gasteiger partial charge in [-0.05, 0) is 36.6 Å². The Labute approximate surface area is 169 Å². The lowest BCUT2D eigenvalue weighted by atomic mass is 9.76. The number of amides is 1. The molecule has 4 rings (SSSR count). The summed E-state index contributed by atoms with van der Waals surface area (Å²) >= 11 is 1.63. The van der Waals surface area contributed by atoms with Crippen molar-refractivity contribution in [2.45, 2.75) is 59.1 Å². The summed E-state index contributed by atoms with van der Waals surface area (Å²) in [5.74, 6) is 0.901. The maximum Gasteiger partial charge on any atom is 0.290 e. The van der Waals surface area contributed by atoms with Crippen molar-refractivity contribution in [3.05, 3.63) is 45.0 Å². The SMILES string of the molecule is Cc1c(C(=O)N(Cc2cccs2)CC2CCCO2)oc2c1C(=O)CC(C)(C)C2. The van der Waals surface area contributed by atoms with Gasteiger partial charge in [0, 0.05) is 36.4 Å². The van der Waals surface area contributed by atoms with Gasteiger partial charge in [-0.15, -0.1) is 11.3 Å². The van der Waals surface area contributed by atoms with Crippen LogP contribution in [0.25, 0.3) is 0 Å². The molecule has 2 aliphatic rings. The number of ketones is 1. The number of carbonyl (C=O) groups is 2. The highest BCUT2D eigenvalue weighted by atomic mass is 32.1. The Morgan fingerprint density at radius 1 is 1.36 bits per heavy atom. The molecular formula is C22H27NO4S. The molecule has 2 aromatic heterocycles. The van der Waals surface area contributed by atoms with Crippen LogP contribution in [0, 0.1) is 12.3 Å². The third kappa shape index (κ3) is 3.80. The standard InChI is InChI=1S/C22H27NO4S/c1-14-19-17(24)10-22(2,3)11-18(19)27-20(14)21(25)23(12-15-6-4-8-26-15)13-16-7-5-9-28-16/h5,7,9,15H,4,6,8,10-13H2,1-3H3. The summed E-state index contributed by atoms with van der Waals surface area (Å²) < 4.78 is 11.8. The fourth-order valence-electron chi connectivity index (χ4n) is 4.27. The number of fused-ring (bicyclic) bond motifs is 1. The zero-order valence-corrected chi connectivity index (χ0v) is 17.6. The first-order valence-corrected chi connectivity index (χ1v) is 10.8. The molecule has 1 fully saturated rings. The van der Waals surface area contributed by atoms with Crippen LogP contribution in [0.3, 0.4) is 0 Å². The average molecular weight is 402 g/mol. The topological polar surface area (TPSA) is 59.8 Å². The van der Waals surface area contributed by atoms with E-state index in [0.717, 1.165) is 24.3 Å². The third-order valence-electron chi connectivity index (χ3n) is 5.63. The fourth-order valence-corrected chi connectivity index (χ4v) is 4.99. The van der Waals surface area contributed by atoms with E-state index in [2.05, 4.69) is 13.8 Å². The summed E-state index contributed by atoms with van der Waals surface area (Å²) in [4.78, 5) is 29.0. The van der Waals surface area contributed by atoms with Crippen molar-refractivity contribution in [1.29, 1.82) is 0 Å². The highest BCUT2D eigenvalue weighted by Crippen LogP contribution is 2.38. The van der Waals surface area contributed by atoms with Crippen LogP contribution in [0.15, 0.2) is 21.9 Å². The summed E-state index contributed by atoms with van der Waals surface area (Å²) in [6.07, 6.45) is 3.23. The van der Waals surface area contributed by atoms with E-state index in [4.69, 9.17) is 9.15 Å². The van der Waals surface area contributed by atoms with Crippen molar-refractivity contribution in [3.8, 4) is 0 Å². The maximum atomic E-state index is 13.4. The minimum absolute atomic E-state index is 0.0642. The number of carbonyl (C=O) groups excluding carboxylic acids is 2. The van der Waals surface area contributed by atoms with Gasteiger partial charge in [0.1, 0.15) is 5.76 Å². The van der Waals surface area contributed by atoms with Crippen LogP contribution >= 0.6 is 11.3 Å². The summed E-state index contributed by atoms with van der Waals surface area (Å²) in [5.41, 5.74) is 1.17. The van der Waals surface area contributed by atoms with Crippen molar-refractivity contribution < 1.29 is 18.7 Å². The number of furan rings is 1. The zero-order chi connectivity index (χ0) is 19.9. The van der Waals surface area contributed by atoms with Crippen LogP contribution in [0.1, 0.15) is 70.2 Å². The van der Waals surface area contributed by atoms with Gasteiger partial charge < -0.3 is 14.1 Å². The molecule has 1 aliphatic carbocycles. The molecule has 1 amide bonds. The van der Waals surface area contributed by atoms with Gasteiger partial charge in [-0.1, -0.05) is 19.9 Å². The second-order valence-electron chi connectivity index (χ2n) is 8.70. The Morgan fingerprint density at radius 3 is 2.86 bits per heavy atom. The van der Waals surface area contributed by atoms with Crippen LogP contribution in [-0.2, 0) is 17.7 Å². The average Bonchev–Trinajstić information content (AvgIpc) is 3.35. The quantitative estimate of drug-likeness (QED) is 0.733. The number of nitrogens with zero attached hydrogens (tertiary/aromatic N) is 1. The van der Waals surface area contributed by atoms with Crippen molar-refractivity contribution in [2.24, 2.45) is 5.41 Å². The number of thiophene rings is 1. The second kappa shape index (κ2) is 7.48. The molecule has 1 atom stereocenters. The van der Waals surface area contributed by atoms with Crippen LogP contribution in [0.4, 0.5) is 0 Å². The van der Waals surface area contributed by atoms with Gasteiger partial charge in [0.15, 0.2) is 11.5 Å². The second-order valence-corrected chi connectivity index (χ2v) is 9.73. The van der Waals surface area contributed by atoms with Gasteiger partial charge in [0.05, 0.1) is 18.2 Å². The van der Waals surface area contributed by atoms with Crippen LogP contribution in [0.5, 0.6) is 0 Å². The molecule has 0 bridgehead atoms. The van der Waals surface area contributed by atoms with Crippen LogP contribution < -0.4 is 0 Å². The summed E-state index contributed by atoms with van der Waals surface area (Å²) in [5, 5.41) is 2.02. The minimum Gasteiger partial charge on any atom is -0.455 e. The largest absolute Gasteiger partial charge is 0.455 e. The van der Waals surface area contributed by atoms with Gasteiger partial charge in [-0.3, -0.25) is 9.59 Å². The number of hydrogen-bond acceptors (Lipinski definition) is 5. The highest BCUT2D eigenvalue weighted by molar-refractivity contribution is 7.09. The number of ether oxygens (including phenoxy) is 1. The smallest absolute Gasteiger partial charge is 0.290 e. The van der Waals surface area contributed by atoms with Gasteiger partial charge in [-0.2, -0.15) is 0 Å². The Hall–Kier alpha value is -1.92. The maximum absolute atomic E-state index is 13.4. The van der Waals surface area contributed by atoms with Gasteiger partial charge >= 0.3 is 0 Å². The molecule has 0 saturated carbocycles. The Kier molecular flexibility index (Phi) is 5.19. The Balaban J connectivity index is 1.64. The minimum atomic E-state index is -0.151. The van der Waals surface area contributed by atoms with E-state index >= 15 is 0 Å². The molecule has 0 radical (unpaired) electrons. The molecule has 6 heteroatoms. The van der Waals surface area contributed by atoms with Crippen molar-refractivity contribution in [1.82, 2.24) is 4.90 Å². The van der Waals surface area contributed by atoms with Crippen LogP contribution in [0.2, 0.25) is 0 Å². The molecule has 28 heavy (non-hydrogen) atoms. The van der Waals surface area contributed by atoms with E-state index in [9.17, 15) is 9.59 Å². The van der Waals surface area contributed by atoms with E-state index < -0.39 is 0 Å². The molecule has 3 heterocycles. The first-order valence-electron chi connectivity index (χ1n) is 9.93. The molecule has 2 aromatic rings. The molecule has 1 aliphatic heterocycles. The molecular weight excluding hydrogens is 374 g/mol. The first-order chi connectivity index (χ1) is 13.3. The summed E-state index contributed by atoms with van der Waals surface area (Å²) in [6, 6.07) is 4.03. The van der Waals surface area contributed by atoms with Gasteiger partial charge in [0.2, 0.25) is 0 Å². The van der Waals surface area contributed by atoms with Crippen molar-refractivity contribution in [2.75, 3.05) is 13.2 Å². The molecule has 1 unspecified atom stereocenters. The molecule has 0 aromatic carbocycles. The fraction of sp³-hybridized carbons (Fsp3) is 0.545. The summed E-state index contributed by atoms with van der Waals surface area (Å²) in [7, 11) is 0. The molecule has 0 N–H and O–H groups in total. The van der Waals surface area contributed by atoms with E-state index in [0.29, 0.717) is 48.6 Å². The van der Waals surface area contributed by atoms with E-state index in [1.54, 1.807) is 11.3 Å². The normalized spacial score (nSPS) is 21.0. The van der Waals surface area contributed by atoms with Crippen LogP contribution in [-0.4, -0.2) is 35.8 Å². The zero-order valence-electron chi connectivity index (χ0n) is 16.7. The lowest BCUT2D eigenvalue weighted by molar-refractivity contribution is 0.0483. The lowest BCUT2D eigenvalue weighted by Crippen LogP contribution is -2.36. The number of hydrogen-bond donors (Lipinski definition) is 0. The monoisotopic (exact) mass is 401 g/mol.